The molecule has 0 aromatic heterocycles. The van der Waals surface area contributed by atoms with Crippen molar-refractivity contribution in [2.45, 2.75) is 12.7 Å². The second-order valence-corrected chi connectivity index (χ2v) is 9.65. The van der Waals surface area contributed by atoms with Crippen molar-refractivity contribution in [3.05, 3.63) is 59.2 Å². The van der Waals surface area contributed by atoms with Crippen molar-refractivity contribution in [2.75, 3.05) is 49.7 Å². The van der Waals surface area contributed by atoms with Crippen molar-refractivity contribution in [2.24, 2.45) is 0 Å². The molecule has 2 aromatic carbocycles. The summed E-state index contributed by atoms with van der Waals surface area (Å²) in [6.45, 7) is 6.16. The van der Waals surface area contributed by atoms with E-state index in [-0.39, 0.29) is 11.7 Å². The number of amides is 1. The molecule has 0 saturated carbocycles. The van der Waals surface area contributed by atoms with E-state index in [9.17, 15) is 13.2 Å². The number of anilines is 2. The third-order valence-corrected chi connectivity index (χ3v) is 5.80. The first-order chi connectivity index (χ1) is 13.2. The molecule has 0 aliphatic carbocycles. The molecule has 1 saturated heterocycles. The van der Waals surface area contributed by atoms with Crippen LogP contribution in [-0.2, 0) is 15.6 Å². The van der Waals surface area contributed by atoms with Gasteiger partial charge in [0.05, 0.1) is 5.75 Å². The summed E-state index contributed by atoms with van der Waals surface area (Å²) in [6.07, 6.45) is 1.20. The van der Waals surface area contributed by atoms with Gasteiger partial charge < -0.3 is 15.1 Å². The van der Waals surface area contributed by atoms with Crippen LogP contribution >= 0.6 is 0 Å². The lowest BCUT2D eigenvalue weighted by atomic mass is 10.1. The average Bonchev–Trinajstić information content (AvgIpc) is 2.62. The van der Waals surface area contributed by atoms with E-state index in [1.807, 2.05) is 12.1 Å². The Morgan fingerprint density at radius 2 is 1.68 bits per heavy atom. The summed E-state index contributed by atoms with van der Waals surface area (Å²) in [5, 5.41) is 2.92. The minimum atomic E-state index is -3.09. The number of sulfone groups is 1. The zero-order valence-electron chi connectivity index (χ0n) is 16.6. The quantitative estimate of drug-likeness (QED) is 0.834. The molecule has 0 spiro atoms. The molecular formula is C21H27N3O3S. The first-order valence-corrected chi connectivity index (χ1v) is 11.4. The number of hydrogen-bond donors (Lipinski definition) is 1. The van der Waals surface area contributed by atoms with E-state index in [0.29, 0.717) is 11.1 Å². The van der Waals surface area contributed by atoms with E-state index in [0.717, 1.165) is 37.4 Å². The molecule has 7 heteroatoms. The molecule has 0 bridgehead atoms. The largest absolute Gasteiger partial charge is 0.369 e. The van der Waals surface area contributed by atoms with E-state index in [4.69, 9.17) is 0 Å². The maximum absolute atomic E-state index is 12.5. The number of nitrogens with one attached hydrogen (secondary N) is 1. The summed E-state index contributed by atoms with van der Waals surface area (Å²) >= 11 is 0. The summed E-state index contributed by atoms with van der Waals surface area (Å²) in [4.78, 5) is 17.2. The number of hydrogen-bond acceptors (Lipinski definition) is 5. The Hall–Kier alpha value is -2.38. The molecule has 1 heterocycles. The minimum absolute atomic E-state index is 0.0259. The van der Waals surface area contributed by atoms with Crippen molar-refractivity contribution < 1.29 is 13.2 Å². The van der Waals surface area contributed by atoms with Crippen LogP contribution in [0, 0.1) is 6.92 Å². The average molecular weight is 402 g/mol. The summed E-state index contributed by atoms with van der Waals surface area (Å²) in [5.41, 5.74) is 4.26. The van der Waals surface area contributed by atoms with Gasteiger partial charge in [0.2, 0.25) is 0 Å². The van der Waals surface area contributed by atoms with Gasteiger partial charge in [0.15, 0.2) is 9.84 Å². The number of piperazine rings is 1. The Bertz CT molecular complexity index is 947. The predicted octanol–water partition coefficient (Wildman–Crippen LogP) is 2.54. The van der Waals surface area contributed by atoms with Crippen LogP contribution in [0.2, 0.25) is 0 Å². The molecule has 150 valence electrons. The topological polar surface area (TPSA) is 69.7 Å². The standard InChI is InChI=1S/C21H27N3O3S/c1-16-14-19(8-9-20(16)24-12-10-23(2)11-13-24)22-21(25)18-6-4-17(5-7-18)15-28(3,26)27/h4-9,14H,10-13,15H2,1-3H3,(H,22,25). The fraction of sp³-hybridized carbons (Fsp3) is 0.381. The highest BCUT2D eigenvalue weighted by atomic mass is 32.2. The van der Waals surface area contributed by atoms with Gasteiger partial charge in [-0.2, -0.15) is 0 Å². The van der Waals surface area contributed by atoms with Gasteiger partial charge in [-0.1, -0.05) is 12.1 Å². The second-order valence-electron chi connectivity index (χ2n) is 7.51. The Balaban J connectivity index is 1.66. The van der Waals surface area contributed by atoms with E-state index >= 15 is 0 Å². The lowest BCUT2D eigenvalue weighted by Crippen LogP contribution is -2.44. The van der Waals surface area contributed by atoms with Crippen molar-refractivity contribution in [3.8, 4) is 0 Å². The van der Waals surface area contributed by atoms with Crippen molar-refractivity contribution in [1.82, 2.24) is 4.90 Å². The predicted molar refractivity (Wildman–Crippen MR) is 114 cm³/mol. The molecule has 1 aliphatic heterocycles. The SMILES string of the molecule is Cc1cc(NC(=O)c2ccc(CS(C)(=O)=O)cc2)ccc1N1CCN(C)CC1. The summed E-state index contributed by atoms with van der Waals surface area (Å²) in [6, 6.07) is 12.6. The molecule has 0 radical (unpaired) electrons. The highest BCUT2D eigenvalue weighted by molar-refractivity contribution is 7.89. The van der Waals surface area contributed by atoms with Crippen LogP contribution in [0.1, 0.15) is 21.5 Å². The molecule has 28 heavy (non-hydrogen) atoms. The van der Waals surface area contributed by atoms with Crippen LogP contribution in [0.3, 0.4) is 0 Å². The zero-order chi connectivity index (χ0) is 20.3. The molecule has 0 atom stereocenters. The van der Waals surface area contributed by atoms with Crippen LogP contribution in [0.5, 0.6) is 0 Å². The second kappa shape index (κ2) is 8.32. The van der Waals surface area contributed by atoms with Gasteiger partial charge in [0.1, 0.15) is 0 Å². The molecular weight excluding hydrogens is 374 g/mol. The molecule has 2 aromatic rings. The van der Waals surface area contributed by atoms with E-state index in [1.54, 1.807) is 24.3 Å². The van der Waals surface area contributed by atoms with Gasteiger partial charge in [-0.05, 0) is 55.4 Å². The van der Waals surface area contributed by atoms with Gasteiger partial charge in [-0.15, -0.1) is 0 Å². The maximum Gasteiger partial charge on any atom is 0.255 e. The number of aryl methyl sites for hydroxylation is 1. The van der Waals surface area contributed by atoms with E-state index in [2.05, 4.69) is 35.2 Å². The van der Waals surface area contributed by atoms with Gasteiger partial charge in [0.25, 0.3) is 5.91 Å². The van der Waals surface area contributed by atoms with Gasteiger partial charge >= 0.3 is 0 Å². The van der Waals surface area contributed by atoms with E-state index in [1.165, 1.54) is 11.9 Å². The van der Waals surface area contributed by atoms with Crippen LogP contribution < -0.4 is 10.2 Å². The number of carbonyl (C=O) groups is 1. The first kappa shape index (κ1) is 20.4. The van der Waals surface area contributed by atoms with Gasteiger partial charge in [0, 0.05) is 49.4 Å². The van der Waals surface area contributed by atoms with Crippen LogP contribution in [0.4, 0.5) is 11.4 Å². The Kier molecular flexibility index (Phi) is 6.05. The van der Waals surface area contributed by atoms with Crippen LogP contribution in [0.15, 0.2) is 42.5 Å². The number of carbonyl (C=O) groups excluding carboxylic acids is 1. The van der Waals surface area contributed by atoms with Crippen molar-refractivity contribution in [1.29, 1.82) is 0 Å². The lowest BCUT2D eigenvalue weighted by molar-refractivity contribution is 0.102. The molecule has 3 rings (SSSR count). The smallest absolute Gasteiger partial charge is 0.255 e. The Morgan fingerprint density at radius 1 is 1.04 bits per heavy atom. The summed E-state index contributed by atoms with van der Waals surface area (Å²) in [7, 11) is -0.952. The van der Waals surface area contributed by atoms with Crippen molar-refractivity contribution in [3.63, 3.8) is 0 Å². The number of rotatable bonds is 5. The summed E-state index contributed by atoms with van der Waals surface area (Å²) < 4.78 is 22.7. The minimum Gasteiger partial charge on any atom is -0.369 e. The normalized spacial score (nSPS) is 15.5. The van der Waals surface area contributed by atoms with Gasteiger partial charge in [-0.25, -0.2) is 8.42 Å². The number of nitrogens with zero attached hydrogens (tertiary/aromatic N) is 2. The molecule has 1 N–H and O–H groups in total. The molecule has 6 nitrogen and oxygen atoms in total. The van der Waals surface area contributed by atoms with Crippen LogP contribution in [0.25, 0.3) is 0 Å². The zero-order valence-corrected chi connectivity index (χ0v) is 17.4. The highest BCUT2D eigenvalue weighted by Crippen LogP contribution is 2.25. The third-order valence-electron chi connectivity index (χ3n) is 4.94. The fourth-order valence-corrected chi connectivity index (χ4v) is 4.19. The maximum atomic E-state index is 12.5. The number of likely N-dealkylation sites (N-methyl/N-ethyl adjacent to an activating group) is 1. The Morgan fingerprint density at radius 3 is 2.25 bits per heavy atom. The summed E-state index contributed by atoms with van der Waals surface area (Å²) in [5.74, 6) is -0.236. The number of benzene rings is 2. The van der Waals surface area contributed by atoms with E-state index < -0.39 is 9.84 Å². The highest BCUT2D eigenvalue weighted by Gasteiger charge is 2.16. The lowest BCUT2D eigenvalue weighted by Gasteiger charge is -2.35. The van der Waals surface area contributed by atoms with Crippen molar-refractivity contribution >= 4 is 27.1 Å². The first-order valence-electron chi connectivity index (χ1n) is 9.33. The third kappa shape index (κ3) is 5.33. The molecule has 0 unspecified atom stereocenters. The fourth-order valence-electron chi connectivity index (χ4n) is 3.39. The van der Waals surface area contributed by atoms with Crippen LogP contribution in [-0.4, -0.2) is 58.7 Å². The Labute approximate surface area is 167 Å². The molecule has 1 aliphatic rings. The monoisotopic (exact) mass is 401 g/mol. The molecule has 1 fully saturated rings. The molecule has 1 amide bonds. The van der Waals surface area contributed by atoms with Gasteiger partial charge in [-0.3, -0.25) is 4.79 Å².